The highest BCUT2D eigenvalue weighted by atomic mass is 32.2. The zero-order chi connectivity index (χ0) is 9.26. The summed E-state index contributed by atoms with van der Waals surface area (Å²) in [7, 11) is 0. The molecule has 1 aliphatic rings. The van der Waals surface area contributed by atoms with Crippen LogP contribution in [-0.4, -0.2) is 27.0 Å². The van der Waals surface area contributed by atoms with Crippen molar-refractivity contribution in [2.24, 2.45) is 5.92 Å². The van der Waals surface area contributed by atoms with Crippen molar-refractivity contribution < 1.29 is 9.90 Å². The number of carbonyl (C=O) groups is 1. The number of thioether (sulfide) groups is 1. The molecule has 1 unspecified atom stereocenters. The molecule has 0 aliphatic carbocycles. The van der Waals surface area contributed by atoms with Crippen LogP contribution in [0.5, 0.6) is 0 Å². The van der Waals surface area contributed by atoms with Gasteiger partial charge in [-0.2, -0.15) is 5.10 Å². The average molecular weight is 196 g/mol. The summed E-state index contributed by atoms with van der Waals surface area (Å²) >= 11 is 1.56. The van der Waals surface area contributed by atoms with Crippen LogP contribution in [0.1, 0.15) is 5.56 Å². The van der Waals surface area contributed by atoms with E-state index in [1.165, 1.54) is 0 Å². The maximum Gasteiger partial charge on any atom is 0.311 e. The number of aliphatic carboxylic acids is 1. The molecule has 0 fully saturated rings. The lowest BCUT2D eigenvalue weighted by molar-refractivity contribution is -0.139. The van der Waals surface area contributed by atoms with Crippen molar-refractivity contribution in [3.05, 3.63) is 24.0 Å². The number of H-pyrrole nitrogens is 1. The lowest BCUT2D eigenvalue weighted by atomic mass is 10.1. The van der Waals surface area contributed by atoms with Crippen LogP contribution in [0.25, 0.3) is 4.91 Å². The Balaban J connectivity index is 2.20. The monoisotopic (exact) mass is 196 g/mol. The molecule has 0 saturated carbocycles. The molecule has 5 heteroatoms. The maximum absolute atomic E-state index is 10.6. The molecular weight excluding hydrogens is 188 g/mol. The summed E-state index contributed by atoms with van der Waals surface area (Å²) in [5.41, 5.74) is 0.966. The predicted molar refractivity (Wildman–Crippen MR) is 50.1 cm³/mol. The minimum Gasteiger partial charge on any atom is -0.481 e. The molecule has 68 valence electrons. The number of carboxylic acids is 1. The highest BCUT2D eigenvalue weighted by Gasteiger charge is 2.23. The standard InChI is InChI=1S/C8H8N2O2S/c11-8(12)5-1-7(13-4-5)6-2-9-10-3-6/h1-3,5H,4H2,(H,9,10)(H,11,12). The number of nitrogens with zero attached hydrogens (tertiary/aromatic N) is 1. The Bertz CT molecular complexity index is 345. The van der Waals surface area contributed by atoms with E-state index in [1.54, 1.807) is 30.2 Å². The van der Waals surface area contributed by atoms with Crippen molar-refractivity contribution in [2.75, 3.05) is 5.75 Å². The molecule has 1 aliphatic heterocycles. The van der Waals surface area contributed by atoms with Gasteiger partial charge in [-0.05, 0) is 0 Å². The van der Waals surface area contributed by atoms with Crippen LogP contribution in [0.4, 0.5) is 0 Å². The number of hydrogen-bond donors (Lipinski definition) is 2. The molecule has 0 saturated heterocycles. The number of aromatic nitrogens is 2. The highest BCUT2D eigenvalue weighted by Crippen LogP contribution is 2.36. The van der Waals surface area contributed by atoms with E-state index in [-0.39, 0.29) is 5.92 Å². The van der Waals surface area contributed by atoms with E-state index in [0.29, 0.717) is 5.75 Å². The second-order valence-electron chi connectivity index (χ2n) is 2.77. The highest BCUT2D eigenvalue weighted by molar-refractivity contribution is 8.08. The smallest absolute Gasteiger partial charge is 0.311 e. The second kappa shape index (κ2) is 3.26. The number of hydrogen-bond acceptors (Lipinski definition) is 3. The van der Waals surface area contributed by atoms with Gasteiger partial charge in [0.1, 0.15) is 0 Å². The lowest BCUT2D eigenvalue weighted by Crippen LogP contribution is -2.10. The molecule has 2 N–H and O–H groups in total. The van der Waals surface area contributed by atoms with Crippen LogP contribution in [0, 0.1) is 5.92 Å². The van der Waals surface area contributed by atoms with Crippen molar-refractivity contribution in [3.8, 4) is 0 Å². The Morgan fingerprint density at radius 2 is 2.62 bits per heavy atom. The molecular formula is C8H8N2O2S. The maximum atomic E-state index is 10.6. The number of nitrogens with one attached hydrogen (secondary N) is 1. The summed E-state index contributed by atoms with van der Waals surface area (Å²) in [4.78, 5) is 11.6. The summed E-state index contributed by atoms with van der Waals surface area (Å²) in [5, 5.41) is 15.3. The fourth-order valence-corrected chi connectivity index (χ4v) is 2.30. The van der Waals surface area contributed by atoms with Crippen LogP contribution in [0.15, 0.2) is 18.5 Å². The van der Waals surface area contributed by atoms with Crippen LogP contribution in [-0.2, 0) is 4.79 Å². The first-order valence-electron chi connectivity index (χ1n) is 3.84. The molecule has 13 heavy (non-hydrogen) atoms. The SMILES string of the molecule is O=C(O)C1C=C(c2cn[nH]c2)SC1. The summed E-state index contributed by atoms with van der Waals surface area (Å²) in [5.74, 6) is -0.489. The Morgan fingerprint density at radius 1 is 1.77 bits per heavy atom. The van der Waals surface area contributed by atoms with E-state index >= 15 is 0 Å². The van der Waals surface area contributed by atoms with Gasteiger partial charge in [0.2, 0.25) is 0 Å². The molecule has 1 aromatic heterocycles. The average Bonchev–Trinajstić information content (AvgIpc) is 2.75. The van der Waals surface area contributed by atoms with Crippen LogP contribution in [0.2, 0.25) is 0 Å². The van der Waals surface area contributed by atoms with Crippen LogP contribution < -0.4 is 0 Å². The van der Waals surface area contributed by atoms with Crippen molar-refractivity contribution in [2.45, 2.75) is 0 Å². The minimum absolute atomic E-state index is 0.352. The molecule has 0 amide bonds. The van der Waals surface area contributed by atoms with Gasteiger partial charge in [0.15, 0.2) is 0 Å². The van der Waals surface area contributed by atoms with E-state index in [9.17, 15) is 4.79 Å². The topological polar surface area (TPSA) is 66.0 Å². The van der Waals surface area contributed by atoms with E-state index in [4.69, 9.17) is 5.11 Å². The molecule has 2 rings (SSSR count). The summed E-state index contributed by atoms with van der Waals surface area (Å²) in [6, 6.07) is 0. The molecule has 0 spiro atoms. The molecule has 1 aromatic rings. The van der Waals surface area contributed by atoms with E-state index in [1.807, 2.05) is 0 Å². The third-order valence-corrected chi connectivity index (χ3v) is 3.08. The van der Waals surface area contributed by atoms with Crippen molar-refractivity contribution >= 4 is 22.6 Å². The minimum atomic E-state index is -0.758. The van der Waals surface area contributed by atoms with E-state index in [0.717, 1.165) is 10.5 Å². The first kappa shape index (κ1) is 8.37. The third-order valence-electron chi connectivity index (χ3n) is 1.87. The van der Waals surface area contributed by atoms with Gasteiger partial charge in [-0.1, -0.05) is 6.08 Å². The largest absolute Gasteiger partial charge is 0.481 e. The first-order chi connectivity index (χ1) is 6.27. The van der Waals surface area contributed by atoms with Crippen LogP contribution in [0.3, 0.4) is 0 Å². The molecule has 1 atom stereocenters. The zero-order valence-electron chi connectivity index (χ0n) is 6.73. The van der Waals surface area contributed by atoms with E-state index < -0.39 is 5.97 Å². The van der Waals surface area contributed by atoms with Gasteiger partial charge in [0.25, 0.3) is 0 Å². The summed E-state index contributed by atoms with van der Waals surface area (Å²) in [6.45, 7) is 0. The quantitative estimate of drug-likeness (QED) is 0.745. The van der Waals surface area contributed by atoms with Gasteiger partial charge in [0.05, 0.1) is 12.1 Å². The van der Waals surface area contributed by atoms with Gasteiger partial charge in [-0.3, -0.25) is 9.89 Å². The van der Waals surface area contributed by atoms with Gasteiger partial charge in [-0.15, -0.1) is 11.8 Å². The summed E-state index contributed by atoms with van der Waals surface area (Å²) in [6.07, 6.45) is 5.24. The van der Waals surface area contributed by atoms with Gasteiger partial charge >= 0.3 is 5.97 Å². The second-order valence-corrected chi connectivity index (χ2v) is 3.84. The molecule has 0 radical (unpaired) electrons. The molecule has 0 aromatic carbocycles. The zero-order valence-corrected chi connectivity index (χ0v) is 7.54. The van der Waals surface area contributed by atoms with Gasteiger partial charge in [0, 0.05) is 22.4 Å². The normalized spacial score (nSPS) is 21.5. The molecule has 0 bridgehead atoms. The Kier molecular flexibility index (Phi) is 2.10. The van der Waals surface area contributed by atoms with Crippen molar-refractivity contribution in [1.29, 1.82) is 0 Å². The molecule has 2 heterocycles. The van der Waals surface area contributed by atoms with Crippen LogP contribution >= 0.6 is 11.8 Å². The molecule has 4 nitrogen and oxygen atoms in total. The lowest BCUT2D eigenvalue weighted by Gasteiger charge is -1.94. The number of carboxylic acid groups (broad SMARTS) is 1. The number of rotatable bonds is 2. The predicted octanol–water partition coefficient (Wildman–Crippen LogP) is 1.20. The van der Waals surface area contributed by atoms with E-state index in [2.05, 4.69) is 10.2 Å². The Hall–Kier alpha value is -1.23. The third kappa shape index (κ3) is 1.60. The number of aromatic amines is 1. The first-order valence-corrected chi connectivity index (χ1v) is 4.82. The Labute approximate surface area is 79.0 Å². The fourth-order valence-electron chi connectivity index (χ4n) is 1.17. The summed E-state index contributed by atoms with van der Waals surface area (Å²) < 4.78 is 0. The Morgan fingerprint density at radius 3 is 3.15 bits per heavy atom. The van der Waals surface area contributed by atoms with Gasteiger partial charge in [-0.25, -0.2) is 0 Å². The van der Waals surface area contributed by atoms with Crippen molar-refractivity contribution in [1.82, 2.24) is 10.2 Å². The van der Waals surface area contributed by atoms with Gasteiger partial charge < -0.3 is 5.11 Å². The fraction of sp³-hybridized carbons (Fsp3) is 0.250. The van der Waals surface area contributed by atoms with Crippen molar-refractivity contribution in [3.63, 3.8) is 0 Å².